The summed E-state index contributed by atoms with van der Waals surface area (Å²) in [5, 5.41) is 2.15. The van der Waals surface area contributed by atoms with E-state index in [4.69, 9.17) is 14.2 Å². The van der Waals surface area contributed by atoms with Crippen LogP contribution >= 0.6 is 0 Å². The van der Waals surface area contributed by atoms with Crippen LogP contribution in [0.1, 0.15) is 31.4 Å². The Bertz CT molecular complexity index is 577. The molecule has 0 amide bonds. The number of aromatic nitrogens is 1. The van der Waals surface area contributed by atoms with Crippen molar-refractivity contribution in [2.75, 3.05) is 20.3 Å². The quantitative estimate of drug-likeness (QED) is 0.755. The standard InChI is InChI=1S/C16H21NO3/c1-5-19-16(20-6-2)14-8-12-9-15(18-4)11(3)7-13(12)10-17-14/h7-10,16H,5-6H2,1-4H3. The number of ether oxygens (including phenoxy) is 3. The molecule has 4 heteroatoms. The van der Waals surface area contributed by atoms with Gasteiger partial charge in [-0.05, 0) is 49.9 Å². The molecule has 0 aliphatic heterocycles. The lowest BCUT2D eigenvalue weighted by atomic mass is 10.1. The summed E-state index contributed by atoms with van der Waals surface area (Å²) >= 11 is 0. The van der Waals surface area contributed by atoms with Crippen LogP contribution < -0.4 is 4.74 Å². The van der Waals surface area contributed by atoms with Gasteiger partial charge in [0.15, 0.2) is 0 Å². The first kappa shape index (κ1) is 14.8. The van der Waals surface area contributed by atoms with Crippen molar-refractivity contribution in [3.8, 4) is 5.75 Å². The van der Waals surface area contributed by atoms with Gasteiger partial charge in [-0.1, -0.05) is 0 Å². The molecule has 0 aliphatic carbocycles. The number of pyridine rings is 1. The number of aryl methyl sites for hydroxylation is 1. The van der Waals surface area contributed by atoms with Gasteiger partial charge >= 0.3 is 0 Å². The van der Waals surface area contributed by atoms with Crippen LogP contribution in [0.3, 0.4) is 0 Å². The third-order valence-electron chi connectivity index (χ3n) is 3.13. The molecule has 0 radical (unpaired) electrons. The Hall–Kier alpha value is -1.65. The Morgan fingerprint density at radius 2 is 1.75 bits per heavy atom. The number of hydrogen-bond donors (Lipinski definition) is 0. The Kier molecular flexibility index (Phi) is 4.93. The van der Waals surface area contributed by atoms with Gasteiger partial charge in [0.1, 0.15) is 5.75 Å². The highest BCUT2D eigenvalue weighted by molar-refractivity contribution is 5.84. The van der Waals surface area contributed by atoms with Crippen LogP contribution in [-0.2, 0) is 9.47 Å². The summed E-state index contributed by atoms with van der Waals surface area (Å²) in [4.78, 5) is 4.45. The van der Waals surface area contributed by atoms with Crippen LogP contribution in [0.5, 0.6) is 5.75 Å². The molecule has 0 spiro atoms. The molecule has 0 saturated heterocycles. The second-order valence-electron chi connectivity index (χ2n) is 4.52. The number of methoxy groups -OCH3 is 1. The minimum Gasteiger partial charge on any atom is -0.496 e. The van der Waals surface area contributed by atoms with E-state index in [1.54, 1.807) is 7.11 Å². The highest BCUT2D eigenvalue weighted by atomic mass is 16.7. The summed E-state index contributed by atoms with van der Waals surface area (Å²) in [5.74, 6) is 0.874. The van der Waals surface area contributed by atoms with Gasteiger partial charge in [-0.3, -0.25) is 4.98 Å². The molecule has 108 valence electrons. The molecule has 0 bridgehead atoms. The average Bonchev–Trinajstić information content (AvgIpc) is 2.46. The molecule has 0 unspecified atom stereocenters. The summed E-state index contributed by atoms with van der Waals surface area (Å²) in [6, 6.07) is 6.08. The lowest BCUT2D eigenvalue weighted by Crippen LogP contribution is -2.10. The zero-order valence-electron chi connectivity index (χ0n) is 12.5. The maximum atomic E-state index is 5.58. The van der Waals surface area contributed by atoms with Gasteiger partial charge < -0.3 is 14.2 Å². The summed E-state index contributed by atoms with van der Waals surface area (Å²) < 4.78 is 16.5. The molecule has 4 nitrogen and oxygen atoms in total. The number of fused-ring (bicyclic) bond motifs is 1. The topological polar surface area (TPSA) is 40.6 Å². The fraction of sp³-hybridized carbons (Fsp3) is 0.438. The summed E-state index contributed by atoms with van der Waals surface area (Å²) in [6.07, 6.45) is 1.43. The monoisotopic (exact) mass is 275 g/mol. The van der Waals surface area contributed by atoms with E-state index in [2.05, 4.69) is 11.1 Å². The fourth-order valence-electron chi connectivity index (χ4n) is 2.17. The molecule has 1 aromatic heterocycles. The zero-order valence-corrected chi connectivity index (χ0v) is 12.5. The minimum absolute atomic E-state index is 0.415. The van der Waals surface area contributed by atoms with Gasteiger partial charge in [0, 0.05) is 24.8 Å². The smallest absolute Gasteiger partial charge is 0.201 e. The van der Waals surface area contributed by atoms with Gasteiger partial charge in [0.2, 0.25) is 6.29 Å². The van der Waals surface area contributed by atoms with E-state index in [0.717, 1.165) is 27.8 Å². The van der Waals surface area contributed by atoms with Gasteiger partial charge in [-0.15, -0.1) is 0 Å². The largest absolute Gasteiger partial charge is 0.496 e. The van der Waals surface area contributed by atoms with Crippen molar-refractivity contribution in [3.63, 3.8) is 0 Å². The SMILES string of the molecule is CCOC(OCC)c1cc2cc(OC)c(C)cc2cn1. The molecule has 20 heavy (non-hydrogen) atoms. The maximum absolute atomic E-state index is 5.58. The van der Waals surface area contributed by atoms with Crippen LogP contribution in [0, 0.1) is 6.92 Å². The highest BCUT2D eigenvalue weighted by Crippen LogP contribution is 2.27. The Morgan fingerprint density at radius 1 is 1.05 bits per heavy atom. The van der Waals surface area contributed by atoms with Crippen molar-refractivity contribution in [1.29, 1.82) is 0 Å². The minimum atomic E-state index is -0.415. The van der Waals surface area contributed by atoms with Crippen LogP contribution in [0.15, 0.2) is 24.4 Å². The van der Waals surface area contributed by atoms with Crippen molar-refractivity contribution < 1.29 is 14.2 Å². The molecule has 1 aromatic carbocycles. The van der Waals surface area contributed by atoms with E-state index in [1.807, 2.05) is 39.1 Å². The first-order valence-corrected chi connectivity index (χ1v) is 6.87. The normalized spacial score (nSPS) is 11.2. The van der Waals surface area contributed by atoms with Crippen LogP contribution in [0.2, 0.25) is 0 Å². The molecule has 0 saturated carbocycles. The van der Waals surface area contributed by atoms with Crippen molar-refractivity contribution in [1.82, 2.24) is 4.98 Å². The Morgan fingerprint density at radius 3 is 2.35 bits per heavy atom. The lowest BCUT2D eigenvalue weighted by Gasteiger charge is -2.17. The highest BCUT2D eigenvalue weighted by Gasteiger charge is 2.14. The van der Waals surface area contributed by atoms with Gasteiger partial charge in [0.05, 0.1) is 12.8 Å². The van der Waals surface area contributed by atoms with E-state index in [9.17, 15) is 0 Å². The number of benzene rings is 1. The van der Waals surface area contributed by atoms with Crippen LogP contribution in [0.4, 0.5) is 0 Å². The lowest BCUT2D eigenvalue weighted by molar-refractivity contribution is -0.142. The first-order valence-electron chi connectivity index (χ1n) is 6.87. The second kappa shape index (κ2) is 6.68. The third kappa shape index (κ3) is 3.08. The molecule has 2 aromatic rings. The third-order valence-corrected chi connectivity index (χ3v) is 3.13. The van der Waals surface area contributed by atoms with E-state index >= 15 is 0 Å². The molecule has 0 N–H and O–H groups in total. The van der Waals surface area contributed by atoms with Gasteiger partial charge in [0.25, 0.3) is 0 Å². The van der Waals surface area contributed by atoms with E-state index in [1.165, 1.54) is 0 Å². The van der Waals surface area contributed by atoms with Crippen LogP contribution in [0.25, 0.3) is 10.8 Å². The number of nitrogens with zero attached hydrogens (tertiary/aromatic N) is 1. The zero-order chi connectivity index (χ0) is 14.5. The van der Waals surface area contributed by atoms with Crippen molar-refractivity contribution in [2.45, 2.75) is 27.1 Å². The molecular weight excluding hydrogens is 254 g/mol. The number of rotatable bonds is 6. The molecule has 1 heterocycles. The van der Waals surface area contributed by atoms with E-state index in [-0.39, 0.29) is 0 Å². The van der Waals surface area contributed by atoms with Crippen molar-refractivity contribution in [3.05, 3.63) is 35.7 Å². The van der Waals surface area contributed by atoms with Gasteiger partial charge in [-0.2, -0.15) is 0 Å². The molecule has 0 aliphatic rings. The maximum Gasteiger partial charge on any atom is 0.201 e. The number of hydrogen-bond acceptors (Lipinski definition) is 4. The Labute approximate surface area is 119 Å². The predicted octanol–water partition coefficient (Wildman–Crippen LogP) is 3.62. The van der Waals surface area contributed by atoms with E-state index < -0.39 is 6.29 Å². The van der Waals surface area contributed by atoms with Crippen LogP contribution in [-0.4, -0.2) is 25.3 Å². The molecule has 2 rings (SSSR count). The average molecular weight is 275 g/mol. The fourth-order valence-corrected chi connectivity index (χ4v) is 2.17. The Balaban J connectivity index is 2.43. The second-order valence-corrected chi connectivity index (χ2v) is 4.52. The predicted molar refractivity (Wildman–Crippen MR) is 79.0 cm³/mol. The summed E-state index contributed by atoms with van der Waals surface area (Å²) in [6.45, 7) is 7.08. The van der Waals surface area contributed by atoms with E-state index in [0.29, 0.717) is 13.2 Å². The summed E-state index contributed by atoms with van der Waals surface area (Å²) in [7, 11) is 1.68. The molecule has 0 atom stereocenters. The summed E-state index contributed by atoms with van der Waals surface area (Å²) in [5.41, 5.74) is 1.88. The molecule has 0 fully saturated rings. The van der Waals surface area contributed by atoms with Crippen molar-refractivity contribution in [2.24, 2.45) is 0 Å². The van der Waals surface area contributed by atoms with Crippen molar-refractivity contribution >= 4 is 10.8 Å². The van der Waals surface area contributed by atoms with Gasteiger partial charge in [-0.25, -0.2) is 0 Å². The first-order chi connectivity index (χ1) is 9.69. The molecular formula is C16H21NO3.